The maximum Gasteiger partial charge on any atom is 0.218 e. The van der Waals surface area contributed by atoms with Gasteiger partial charge in [0, 0.05) is 13.1 Å². The van der Waals surface area contributed by atoms with Crippen LogP contribution in [-0.2, 0) is 15.8 Å². The predicted molar refractivity (Wildman–Crippen MR) is 78.4 cm³/mol. The summed E-state index contributed by atoms with van der Waals surface area (Å²) < 4.78 is 26.6. The molecule has 5 heteroatoms. The van der Waals surface area contributed by atoms with E-state index in [1.165, 1.54) is 0 Å². The van der Waals surface area contributed by atoms with Crippen molar-refractivity contribution >= 4 is 10.0 Å². The van der Waals surface area contributed by atoms with Gasteiger partial charge < -0.3 is 0 Å². The summed E-state index contributed by atoms with van der Waals surface area (Å²) in [5.74, 6) is 0.507. The maximum absolute atomic E-state index is 12.5. The van der Waals surface area contributed by atoms with Crippen LogP contribution in [0, 0.1) is 17.2 Å². The van der Waals surface area contributed by atoms with Gasteiger partial charge in [-0.2, -0.15) is 5.26 Å². The van der Waals surface area contributed by atoms with E-state index in [2.05, 4.69) is 13.0 Å². The summed E-state index contributed by atoms with van der Waals surface area (Å²) in [5, 5.41) is 9.05. The smallest absolute Gasteiger partial charge is 0.212 e. The third-order valence-electron chi connectivity index (χ3n) is 3.84. The third-order valence-corrected chi connectivity index (χ3v) is 5.67. The molecule has 1 aromatic rings. The molecule has 1 aliphatic heterocycles. The molecule has 0 saturated carbocycles. The lowest BCUT2D eigenvalue weighted by Gasteiger charge is -2.20. The van der Waals surface area contributed by atoms with Gasteiger partial charge in [-0.25, -0.2) is 12.7 Å². The first-order valence-electron chi connectivity index (χ1n) is 6.99. The number of nitrogens with zero attached hydrogens (tertiary/aromatic N) is 2. The minimum atomic E-state index is -3.33. The van der Waals surface area contributed by atoms with Crippen LogP contribution in [0.3, 0.4) is 0 Å². The normalized spacial score (nSPS) is 21.1. The van der Waals surface area contributed by atoms with Crippen molar-refractivity contribution in [3.05, 3.63) is 35.4 Å². The Bertz CT molecular complexity index is 605. The van der Waals surface area contributed by atoms with E-state index < -0.39 is 10.0 Å². The Morgan fingerprint density at radius 3 is 2.80 bits per heavy atom. The minimum absolute atomic E-state index is 0.0783. The molecular formula is C15H20N2O2S. The summed E-state index contributed by atoms with van der Waals surface area (Å²) in [7, 11) is -3.33. The fourth-order valence-electron chi connectivity index (χ4n) is 2.56. The summed E-state index contributed by atoms with van der Waals surface area (Å²) >= 11 is 0. The molecule has 0 spiro atoms. The Balaban J connectivity index is 2.17. The zero-order valence-corrected chi connectivity index (χ0v) is 12.6. The number of rotatable bonds is 3. The van der Waals surface area contributed by atoms with Crippen LogP contribution >= 0.6 is 0 Å². The van der Waals surface area contributed by atoms with E-state index in [0.29, 0.717) is 30.1 Å². The first-order valence-corrected chi connectivity index (χ1v) is 8.59. The molecule has 1 aromatic carbocycles. The van der Waals surface area contributed by atoms with Crippen molar-refractivity contribution in [3.8, 4) is 6.07 Å². The summed E-state index contributed by atoms with van der Waals surface area (Å²) in [6.45, 7) is 3.36. The van der Waals surface area contributed by atoms with Gasteiger partial charge >= 0.3 is 0 Å². The molecule has 1 unspecified atom stereocenters. The van der Waals surface area contributed by atoms with E-state index in [1.54, 1.807) is 28.6 Å². The molecule has 1 saturated heterocycles. The molecule has 2 rings (SSSR count). The van der Waals surface area contributed by atoms with Gasteiger partial charge in [-0.05, 0) is 36.8 Å². The lowest BCUT2D eigenvalue weighted by molar-refractivity contribution is 0.416. The average molecular weight is 292 g/mol. The molecule has 0 N–H and O–H groups in total. The zero-order chi connectivity index (χ0) is 14.6. The van der Waals surface area contributed by atoms with E-state index in [9.17, 15) is 8.42 Å². The number of benzene rings is 1. The van der Waals surface area contributed by atoms with Crippen LogP contribution in [-0.4, -0.2) is 25.8 Å². The second-order valence-electron chi connectivity index (χ2n) is 5.46. The van der Waals surface area contributed by atoms with Gasteiger partial charge in [-0.3, -0.25) is 0 Å². The predicted octanol–water partition coefficient (Wildman–Crippen LogP) is 2.51. The Hall–Kier alpha value is -1.38. The first kappa shape index (κ1) is 15.0. The fourth-order valence-corrected chi connectivity index (χ4v) is 4.18. The van der Waals surface area contributed by atoms with E-state index in [0.717, 1.165) is 19.3 Å². The van der Waals surface area contributed by atoms with Crippen molar-refractivity contribution < 1.29 is 8.42 Å². The summed E-state index contributed by atoms with van der Waals surface area (Å²) in [5.41, 5.74) is 1.03. The van der Waals surface area contributed by atoms with E-state index in [-0.39, 0.29) is 5.75 Å². The van der Waals surface area contributed by atoms with Crippen LogP contribution in [0.2, 0.25) is 0 Å². The topological polar surface area (TPSA) is 61.2 Å². The van der Waals surface area contributed by atoms with Gasteiger partial charge in [0.2, 0.25) is 10.0 Å². The van der Waals surface area contributed by atoms with E-state index in [1.807, 2.05) is 0 Å². The second kappa shape index (κ2) is 6.38. The maximum atomic E-state index is 12.5. The molecule has 0 amide bonds. The van der Waals surface area contributed by atoms with Crippen molar-refractivity contribution in [2.45, 2.75) is 31.9 Å². The monoisotopic (exact) mass is 292 g/mol. The lowest BCUT2D eigenvalue weighted by atomic mass is 10.0. The molecule has 0 radical (unpaired) electrons. The Morgan fingerprint density at radius 2 is 2.05 bits per heavy atom. The highest BCUT2D eigenvalue weighted by atomic mass is 32.2. The van der Waals surface area contributed by atoms with Gasteiger partial charge in [0.15, 0.2) is 0 Å². The molecule has 20 heavy (non-hydrogen) atoms. The van der Waals surface area contributed by atoms with Crippen molar-refractivity contribution in [3.63, 3.8) is 0 Å². The number of sulfonamides is 1. The van der Waals surface area contributed by atoms with Gasteiger partial charge in [0.05, 0.1) is 17.4 Å². The highest BCUT2D eigenvalue weighted by Crippen LogP contribution is 2.21. The molecule has 4 nitrogen and oxygen atoms in total. The van der Waals surface area contributed by atoms with E-state index >= 15 is 0 Å². The lowest BCUT2D eigenvalue weighted by Crippen LogP contribution is -2.33. The standard InChI is InChI=1S/C15H20N2O2S/c1-13-5-4-9-17(10-8-13)20(18,19)12-15-7-3-2-6-14(15)11-16/h2-3,6-7,13H,4-5,8-10,12H2,1H3. The molecule has 0 aromatic heterocycles. The van der Waals surface area contributed by atoms with Crippen LogP contribution in [0.15, 0.2) is 24.3 Å². The quantitative estimate of drug-likeness (QED) is 0.860. The molecule has 0 aliphatic carbocycles. The second-order valence-corrected chi connectivity index (χ2v) is 7.43. The SMILES string of the molecule is CC1CCCN(S(=O)(=O)Cc2ccccc2C#N)CC1. The van der Waals surface area contributed by atoms with Gasteiger partial charge in [-0.1, -0.05) is 25.1 Å². The molecule has 1 aliphatic rings. The summed E-state index contributed by atoms with van der Waals surface area (Å²) in [6, 6.07) is 8.96. The molecule has 0 bridgehead atoms. The minimum Gasteiger partial charge on any atom is -0.212 e. The molecule has 108 valence electrons. The Kier molecular flexibility index (Phi) is 4.79. The number of hydrogen-bond donors (Lipinski definition) is 0. The Labute approximate surface area is 121 Å². The van der Waals surface area contributed by atoms with Crippen molar-refractivity contribution in [1.82, 2.24) is 4.31 Å². The summed E-state index contributed by atoms with van der Waals surface area (Å²) in [6.07, 6.45) is 2.92. The molecule has 1 heterocycles. The summed E-state index contributed by atoms with van der Waals surface area (Å²) in [4.78, 5) is 0. The van der Waals surface area contributed by atoms with Crippen LogP contribution in [0.25, 0.3) is 0 Å². The van der Waals surface area contributed by atoms with Crippen LogP contribution in [0.4, 0.5) is 0 Å². The molecular weight excluding hydrogens is 272 g/mol. The fraction of sp³-hybridized carbons (Fsp3) is 0.533. The average Bonchev–Trinajstić information content (AvgIpc) is 2.64. The van der Waals surface area contributed by atoms with Crippen LogP contribution in [0.5, 0.6) is 0 Å². The Morgan fingerprint density at radius 1 is 1.30 bits per heavy atom. The van der Waals surface area contributed by atoms with Gasteiger partial charge in [0.25, 0.3) is 0 Å². The zero-order valence-electron chi connectivity index (χ0n) is 11.7. The number of hydrogen-bond acceptors (Lipinski definition) is 3. The van der Waals surface area contributed by atoms with Crippen LogP contribution in [0.1, 0.15) is 37.3 Å². The molecule has 1 fully saturated rings. The van der Waals surface area contributed by atoms with Crippen molar-refractivity contribution in [2.75, 3.05) is 13.1 Å². The van der Waals surface area contributed by atoms with Crippen LogP contribution < -0.4 is 0 Å². The van der Waals surface area contributed by atoms with Gasteiger partial charge in [0.1, 0.15) is 0 Å². The van der Waals surface area contributed by atoms with E-state index in [4.69, 9.17) is 5.26 Å². The highest BCUT2D eigenvalue weighted by Gasteiger charge is 2.25. The van der Waals surface area contributed by atoms with Crippen molar-refractivity contribution in [1.29, 1.82) is 5.26 Å². The largest absolute Gasteiger partial charge is 0.218 e. The molecule has 1 atom stereocenters. The third kappa shape index (κ3) is 3.59. The first-order chi connectivity index (χ1) is 9.53. The highest BCUT2D eigenvalue weighted by molar-refractivity contribution is 7.88. The number of nitriles is 1. The van der Waals surface area contributed by atoms with Gasteiger partial charge in [-0.15, -0.1) is 0 Å². The van der Waals surface area contributed by atoms with Crippen molar-refractivity contribution in [2.24, 2.45) is 5.92 Å².